The van der Waals surface area contributed by atoms with E-state index in [0.29, 0.717) is 29.5 Å². The molecule has 1 saturated carbocycles. The first kappa shape index (κ1) is 19.0. The molecule has 6 rings (SSSR count). The molecule has 3 N–H and O–H groups in total. The molecule has 0 radical (unpaired) electrons. The molecule has 0 spiro atoms. The molecule has 1 amide bonds. The van der Waals surface area contributed by atoms with E-state index in [2.05, 4.69) is 31.4 Å². The van der Waals surface area contributed by atoms with Crippen molar-refractivity contribution < 1.29 is 9.53 Å². The van der Waals surface area contributed by atoms with Gasteiger partial charge in [0.1, 0.15) is 28.2 Å². The molecule has 0 saturated heterocycles. The monoisotopic (exact) mass is 433 g/mol. The number of hydrogen-bond donors (Lipinski definition) is 3. The number of carbonyl (C=O) groups excluding carboxylic acids is 1. The minimum Gasteiger partial charge on any atom is -0.373 e. The molecule has 11 heteroatoms. The van der Waals surface area contributed by atoms with Crippen molar-refractivity contribution in [1.82, 2.24) is 34.9 Å². The number of ether oxygens (including phenoxy) is 1. The van der Waals surface area contributed by atoms with Gasteiger partial charge in [-0.15, -0.1) is 5.10 Å². The standard InChI is InChI=1S/C21H23N9O2/c1-22-18-8-17-24-14-6-11(7-15-19(14)29(2)28-27-15)10-32-16-5-3-4-13(16)25-21(31)12-9-23-30(18)20(12)26-17/h6-9,13,16,22H,3-5,10H2,1-2H3,(H,24,26)(H,25,31)/t13-,16+/m1/s1. The van der Waals surface area contributed by atoms with Crippen LogP contribution in [0, 0.1) is 0 Å². The Kier molecular flexibility index (Phi) is 4.25. The molecule has 2 aliphatic rings. The van der Waals surface area contributed by atoms with E-state index in [4.69, 9.17) is 9.72 Å². The first-order chi connectivity index (χ1) is 15.6. The van der Waals surface area contributed by atoms with Crippen LogP contribution in [0.4, 0.5) is 17.3 Å². The molecule has 0 unspecified atom stereocenters. The molecule has 3 aromatic heterocycles. The quantitative estimate of drug-likeness (QED) is 0.416. The zero-order chi connectivity index (χ0) is 21.8. The van der Waals surface area contributed by atoms with E-state index >= 15 is 0 Å². The molecule has 1 aromatic carbocycles. The summed E-state index contributed by atoms with van der Waals surface area (Å²) in [4.78, 5) is 17.9. The van der Waals surface area contributed by atoms with Crippen LogP contribution in [0.5, 0.6) is 0 Å². The molecule has 4 heterocycles. The third kappa shape index (κ3) is 2.96. The Balaban J connectivity index is 1.56. The number of fused-ring (bicyclic) bond motifs is 6. The minimum absolute atomic E-state index is 0.0471. The average Bonchev–Trinajstić information content (AvgIpc) is 3.50. The number of aryl methyl sites for hydroxylation is 1. The van der Waals surface area contributed by atoms with E-state index in [1.165, 1.54) is 0 Å². The summed E-state index contributed by atoms with van der Waals surface area (Å²) in [6.07, 6.45) is 4.31. The van der Waals surface area contributed by atoms with Crippen molar-refractivity contribution in [3.05, 3.63) is 35.5 Å². The van der Waals surface area contributed by atoms with Crippen molar-refractivity contribution >= 4 is 39.9 Å². The highest BCUT2D eigenvalue weighted by molar-refractivity contribution is 6.00. The molecule has 1 fully saturated rings. The molecule has 4 bridgehead atoms. The lowest BCUT2D eigenvalue weighted by Gasteiger charge is -2.22. The van der Waals surface area contributed by atoms with Crippen LogP contribution >= 0.6 is 0 Å². The normalized spacial score (nSPS) is 20.8. The predicted molar refractivity (Wildman–Crippen MR) is 118 cm³/mol. The molecule has 11 nitrogen and oxygen atoms in total. The van der Waals surface area contributed by atoms with Gasteiger partial charge in [-0.3, -0.25) is 4.79 Å². The number of nitrogens with one attached hydrogen (secondary N) is 3. The number of rotatable bonds is 1. The van der Waals surface area contributed by atoms with Crippen LogP contribution < -0.4 is 16.0 Å². The van der Waals surface area contributed by atoms with Gasteiger partial charge in [-0.25, -0.2) is 9.67 Å². The van der Waals surface area contributed by atoms with Gasteiger partial charge in [0.2, 0.25) is 0 Å². The van der Waals surface area contributed by atoms with Gasteiger partial charge in [0.05, 0.1) is 30.6 Å². The Labute approximate surface area is 183 Å². The Bertz CT molecular complexity index is 1360. The molecule has 1 aliphatic carbocycles. The third-order valence-corrected chi connectivity index (χ3v) is 6.23. The summed E-state index contributed by atoms with van der Waals surface area (Å²) >= 11 is 0. The molecule has 2 atom stereocenters. The highest BCUT2D eigenvalue weighted by Gasteiger charge is 2.31. The van der Waals surface area contributed by atoms with E-state index < -0.39 is 0 Å². The minimum atomic E-state index is -0.194. The predicted octanol–water partition coefficient (Wildman–Crippen LogP) is 1.98. The Morgan fingerprint density at radius 2 is 2.16 bits per heavy atom. The zero-order valence-corrected chi connectivity index (χ0v) is 17.8. The van der Waals surface area contributed by atoms with Crippen LogP contribution in [0.15, 0.2) is 24.4 Å². The topological polar surface area (TPSA) is 123 Å². The number of carbonyl (C=O) groups is 1. The van der Waals surface area contributed by atoms with Gasteiger partial charge in [-0.05, 0) is 37.0 Å². The van der Waals surface area contributed by atoms with Crippen LogP contribution in [0.3, 0.4) is 0 Å². The van der Waals surface area contributed by atoms with E-state index in [0.717, 1.165) is 41.5 Å². The highest BCUT2D eigenvalue weighted by Crippen LogP contribution is 2.30. The second-order valence-corrected chi connectivity index (χ2v) is 8.28. The van der Waals surface area contributed by atoms with Crippen LogP contribution in [0.1, 0.15) is 35.2 Å². The molecular formula is C21H23N9O2. The van der Waals surface area contributed by atoms with E-state index in [1.54, 1.807) is 15.4 Å². The van der Waals surface area contributed by atoms with E-state index in [9.17, 15) is 4.79 Å². The fourth-order valence-corrected chi connectivity index (χ4v) is 4.68. The molecule has 1 aliphatic heterocycles. The Morgan fingerprint density at radius 1 is 1.25 bits per heavy atom. The van der Waals surface area contributed by atoms with Crippen molar-refractivity contribution in [2.24, 2.45) is 7.05 Å². The maximum atomic E-state index is 13.1. The van der Waals surface area contributed by atoms with Crippen LogP contribution in [0.2, 0.25) is 0 Å². The number of nitrogens with zero attached hydrogens (tertiary/aromatic N) is 6. The number of benzene rings is 1. The SMILES string of the molecule is CNc1cc2nc3c(cnn13)C(=O)N[C@@H]1CCC[C@@H]1OCc1cc(c3c(c1)nnn3C)N2. The number of amides is 1. The van der Waals surface area contributed by atoms with Gasteiger partial charge in [-0.1, -0.05) is 5.21 Å². The summed E-state index contributed by atoms with van der Waals surface area (Å²) in [6, 6.07) is 5.83. The van der Waals surface area contributed by atoms with Crippen molar-refractivity contribution in [2.45, 2.75) is 38.0 Å². The van der Waals surface area contributed by atoms with Crippen LogP contribution in [-0.2, 0) is 18.4 Å². The van der Waals surface area contributed by atoms with Crippen LogP contribution in [0.25, 0.3) is 16.7 Å². The number of hydrogen-bond acceptors (Lipinski definition) is 8. The van der Waals surface area contributed by atoms with Gasteiger partial charge < -0.3 is 20.7 Å². The second kappa shape index (κ2) is 7.16. The fraction of sp³-hybridized carbons (Fsp3) is 0.381. The first-order valence-electron chi connectivity index (χ1n) is 10.7. The lowest BCUT2D eigenvalue weighted by molar-refractivity contribution is 0.0273. The largest absolute Gasteiger partial charge is 0.373 e. The molecular weight excluding hydrogens is 410 g/mol. The Morgan fingerprint density at radius 3 is 3.03 bits per heavy atom. The summed E-state index contributed by atoms with van der Waals surface area (Å²) in [5.74, 6) is 1.09. The summed E-state index contributed by atoms with van der Waals surface area (Å²) < 4.78 is 9.61. The van der Waals surface area contributed by atoms with E-state index in [1.807, 2.05) is 32.3 Å². The van der Waals surface area contributed by atoms with Crippen LogP contribution in [-0.4, -0.2) is 54.7 Å². The van der Waals surface area contributed by atoms with Crippen molar-refractivity contribution in [3.8, 4) is 0 Å². The molecule has 164 valence electrons. The highest BCUT2D eigenvalue weighted by atomic mass is 16.5. The number of anilines is 3. The first-order valence-corrected chi connectivity index (χ1v) is 10.7. The van der Waals surface area contributed by atoms with Crippen molar-refractivity contribution in [3.63, 3.8) is 0 Å². The van der Waals surface area contributed by atoms with Gasteiger partial charge in [-0.2, -0.15) is 9.61 Å². The third-order valence-electron chi connectivity index (χ3n) is 6.23. The van der Waals surface area contributed by atoms with Crippen molar-refractivity contribution in [2.75, 3.05) is 17.7 Å². The summed E-state index contributed by atoms with van der Waals surface area (Å²) in [6.45, 7) is 0.422. The van der Waals surface area contributed by atoms with Gasteiger partial charge in [0.15, 0.2) is 5.65 Å². The smallest absolute Gasteiger partial charge is 0.257 e. The second-order valence-electron chi connectivity index (χ2n) is 8.28. The summed E-state index contributed by atoms with van der Waals surface area (Å²) in [7, 11) is 3.66. The maximum absolute atomic E-state index is 13.1. The average molecular weight is 433 g/mol. The molecule has 4 aromatic rings. The maximum Gasteiger partial charge on any atom is 0.257 e. The van der Waals surface area contributed by atoms with Crippen molar-refractivity contribution in [1.29, 1.82) is 0 Å². The lowest BCUT2D eigenvalue weighted by atomic mass is 10.1. The van der Waals surface area contributed by atoms with Gasteiger partial charge in [0, 0.05) is 20.2 Å². The lowest BCUT2D eigenvalue weighted by Crippen LogP contribution is -2.41. The van der Waals surface area contributed by atoms with Gasteiger partial charge in [0.25, 0.3) is 5.91 Å². The number of aromatic nitrogens is 6. The van der Waals surface area contributed by atoms with Gasteiger partial charge >= 0.3 is 0 Å². The molecule has 32 heavy (non-hydrogen) atoms. The Hall–Kier alpha value is -3.73. The zero-order valence-electron chi connectivity index (χ0n) is 17.8. The fourth-order valence-electron chi connectivity index (χ4n) is 4.68. The summed E-state index contributed by atoms with van der Waals surface area (Å²) in [5, 5.41) is 22.5. The van der Waals surface area contributed by atoms with E-state index in [-0.39, 0.29) is 18.1 Å². The summed E-state index contributed by atoms with van der Waals surface area (Å²) in [5.41, 5.74) is 4.33.